The van der Waals surface area contributed by atoms with Crippen molar-refractivity contribution in [1.29, 1.82) is 0 Å². The molecule has 0 radical (unpaired) electrons. The summed E-state index contributed by atoms with van der Waals surface area (Å²) in [5.41, 5.74) is 0.264. The Balaban J connectivity index is 3.05. The fraction of sp³-hybridized carbons (Fsp3) is 0.500. The molecule has 1 aromatic rings. The number of primary sulfonamides is 1. The van der Waals surface area contributed by atoms with Gasteiger partial charge in [-0.15, -0.1) is 0 Å². The third kappa shape index (κ3) is 4.55. The molecular formula is C12H19N3O4S. The van der Waals surface area contributed by atoms with Crippen molar-refractivity contribution in [3.05, 3.63) is 33.9 Å². The van der Waals surface area contributed by atoms with Gasteiger partial charge in [0.2, 0.25) is 10.0 Å². The van der Waals surface area contributed by atoms with Gasteiger partial charge in [0.1, 0.15) is 0 Å². The molecule has 8 heteroatoms. The van der Waals surface area contributed by atoms with Gasteiger partial charge in [0.15, 0.2) is 0 Å². The van der Waals surface area contributed by atoms with Gasteiger partial charge in [-0.2, -0.15) is 0 Å². The van der Waals surface area contributed by atoms with Crippen LogP contribution in [-0.4, -0.2) is 25.9 Å². The highest BCUT2D eigenvalue weighted by Crippen LogP contribution is 2.23. The Labute approximate surface area is 118 Å². The first kappa shape index (κ1) is 16.5. The molecule has 3 N–H and O–H groups in total. The van der Waals surface area contributed by atoms with Gasteiger partial charge in [-0.3, -0.25) is 10.1 Å². The summed E-state index contributed by atoms with van der Waals surface area (Å²) in [6.07, 6.45) is 1.41. The molecule has 0 aliphatic rings. The van der Waals surface area contributed by atoms with Crippen molar-refractivity contribution in [3.8, 4) is 0 Å². The Kier molecular flexibility index (Phi) is 5.61. The number of hydrogen-bond donors (Lipinski definition) is 2. The van der Waals surface area contributed by atoms with E-state index in [0.29, 0.717) is 12.0 Å². The molecule has 7 nitrogen and oxygen atoms in total. The molecule has 0 saturated heterocycles. The summed E-state index contributed by atoms with van der Waals surface area (Å²) in [5.74, 6) is 0. The summed E-state index contributed by atoms with van der Waals surface area (Å²) in [7, 11) is -3.94. The lowest BCUT2D eigenvalue weighted by atomic mass is 10.1. The maximum atomic E-state index is 11.2. The normalized spacial score (nSPS) is 13.2. The number of nitrogens with two attached hydrogens (primary N) is 1. The lowest BCUT2D eigenvalue weighted by Crippen LogP contribution is -2.28. The zero-order chi connectivity index (χ0) is 15.3. The topological polar surface area (TPSA) is 115 Å². The van der Waals surface area contributed by atoms with Crippen LogP contribution in [-0.2, 0) is 16.4 Å². The molecule has 0 saturated carbocycles. The van der Waals surface area contributed by atoms with Crippen LogP contribution < -0.4 is 10.5 Å². The van der Waals surface area contributed by atoms with Gasteiger partial charge in [0.05, 0.1) is 9.82 Å². The van der Waals surface area contributed by atoms with Crippen molar-refractivity contribution in [2.45, 2.75) is 37.6 Å². The lowest BCUT2D eigenvalue weighted by molar-refractivity contribution is -0.385. The number of benzene rings is 1. The molecule has 0 aromatic heterocycles. The maximum absolute atomic E-state index is 11.2. The largest absolute Gasteiger partial charge is 0.314 e. The Morgan fingerprint density at radius 1 is 1.45 bits per heavy atom. The van der Waals surface area contributed by atoms with Crippen LogP contribution >= 0.6 is 0 Å². The van der Waals surface area contributed by atoms with Crippen molar-refractivity contribution in [2.24, 2.45) is 5.14 Å². The number of sulfonamides is 1. The van der Waals surface area contributed by atoms with Crippen LogP contribution in [0.25, 0.3) is 0 Å². The first-order chi connectivity index (χ1) is 9.25. The monoisotopic (exact) mass is 301 g/mol. The van der Waals surface area contributed by atoms with Crippen LogP contribution in [0.4, 0.5) is 5.69 Å². The molecule has 0 bridgehead atoms. The third-order valence-corrected chi connectivity index (χ3v) is 3.76. The van der Waals surface area contributed by atoms with Crippen molar-refractivity contribution in [2.75, 3.05) is 6.54 Å². The number of nitro benzene ring substituents is 1. The van der Waals surface area contributed by atoms with E-state index in [1.807, 2.05) is 13.8 Å². The minimum absolute atomic E-state index is 0.0639. The molecule has 1 unspecified atom stereocenters. The maximum Gasteiger partial charge on any atom is 0.273 e. The van der Waals surface area contributed by atoms with Crippen molar-refractivity contribution in [3.63, 3.8) is 0 Å². The molecular weight excluding hydrogens is 282 g/mol. The second-order valence-electron chi connectivity index (χ2n) is 4.65. The SMILES string of the molecule is CCCNC(C)Cc1ccc(S(N)(=O)=O)cc1[N+](=O)[O-]. The standard InChI is InChI=1S/C12H19N3O4S/c1-3-6-14-9(2)7-10-4-5-11(20(13,18)19)8-12(10)15(16)17/h4-5,8-9,14H,3,6-7H2,1-2H3,(H2,13,18,19). The van der Waals surface area contributed by atoms with E-state index in [4.69, 9.17) is 5.14 Å². The summed E-state index contributed by atoms with van der Waals surface area (Å²) >= 11 is 0. The Hall–Kier alpha value is -1.51. The number of nitrogens with zero attached hydrogens (tertiary/aromatic N) is 1. The molecule has 1 rings (SSSR count). The Bertz CT molecular complexity index is 586. The van der Waals surface area contributed by atoms with E-state index in [2.05, 4.69) is 5.32 Å². The van der Waals surface area contributed by atoms with E-state index in [1.165, 1.54) is 12.1 Å². The quantitative estimate of drug-likeness (QED) is 0.579. The number of rotatable bonds is 7. The third-order valence-electron chi connectivity index (χ3n) is 2.85. The summed E-state index contributed by atoms with van der Waals surface area (Å²) in [4.78, 5) is 10.2. The molecule has 0 amide bonds. The summed E-state index contributed by atoms with van der Waals surface area (Å²) < 4.78 is 22.5. The van der Waals surface area contributed by atoms with Crippen molar-refractivity contribution < 1.29 is 13.3 Å². The second kappa shape index (κ2) is 6.78. The molecule has 1 atom stereocenters. The van der Waals surface area contributed by atoms with E-state index in [-0.39, 0.29) is 16.6 Å². The summed E-state index contributed by atoms with van der Waals surface area (Å²) in [5, 5.41) is 19.3. The highest BCUT2D eigenvalue weighted by molar-refractivity contribution is 7.89. The van der Waals surface area contributed by atoms with Crippen LogP contribution in [0.15, 0.2) is 23.1 Å². The van der Waals surface area contributed by atoms with E-state index < -0.39 is 14.9 Å². The van der Waals surface area contributed by atoms with Crippen LogP contribution in [0.2, 0.25) is 0 Å². The molecule has 112 valence electrons. The van der Waals surface area contributed by atoms with E-state index >= 15 is 0 Å². The fourth-order valence-electron chi connectivity index (χ4n) is 1.86. The molecule has 0 spiro atoms. The van der Waals surface area contributed by atoms with Crippen LogP contribution in [0.5, 0.6) is 0 Å². The van der Waals surface area contributed by atoms with Crippen LogP contribution in [0.1, 0.15) is 25.8 Å². The average Bonchev–Trinajstić information content (AvgIpc) is 2.35. The van der Waals surface area contributed by atoms with Gasteiger partial charge >= 0.3 is 0 Å². The fourth-order valence-corrected chi connectivity index (χ4v) is 2.39. The summed E-state index contributed by atoms with van der Waals surface area (Å²) in [6.45, 7) is 4.78. The predicted molar refractivity (Wildman–Crippen MR) is 75.9 cm³/mol. The lowest BCUT2D eigenvalue weighted by Gasteiger charge is -2.13. The zero-order valence-electron chi connectivity index (χ0n) is 11.5. The minimum Gasteiger partial charge on any atom is -0.314 e. The molecule has 0 heterocycles. The van der Waals surface area contributed by atoms with Gasteiger partial charge in [-0.05, 0) is 32.4 Å². The second-order valence-corrected chi connectivity index (χ2v) is 6.21. The highest BCUT2D eigenvalue weighted by atomic mass is 32.2. The molecule has 0 aliphatic carbocycles. The Morgan fingerprint density at radius 2 is 2.10 bits per heavy atom. The minimum atomic E-state index is -3.94. The number of nitro groups is 1. The zero-order valence-corrected chi connectivity index (χ0v) is 12.3. The van der Waals surface area contributed by atoms with E-state index in [9.17, 15) is 18.5 Å². The van der Waals surface area contributed by atoms with Crippen LogP contribution in [0.3, 0.4) is 0 Å². The average molecular weight is 301 g/mol. The smallest absolute Gasteiger partial charge is 0.273 e. The first-order valence-corrected chi connectivity index (χ1v) is 7.83. The molecule has 0 aliphatic heterocycles. The van der Waals surface area contributed by atoms with Gasteiger partial charge in [0.25, 0.3) is 5.69 Å². The van der Waals surface area contributed by atoms with Crippen LogP contribution in [0, 0.1) is 10.1 Å². The van der Waals surface area contributed by atoms with Gasteiger partial charge in [0, 0.05) is 17.7 Å². The number of hydrogen-bond acceptors (Lipinski definition) is 5. The van der Waals surface area contributed by atoms with E-state index in [1.54, 1.807) is 0 Å². The Morgan fingerprint density at radius 3 is 2.60 bits per heavy atom. The molecule has 0 fully saturated rings. The van der Waals surface area contributed by atoms with Gasteiger partial charge < -0.3 is 5.32 Å². The predicted octanol–water partition coefficient (Wildman–Crippen LogP) is 1.17. The molecule has 1 aromatic carbocycles. The molecule has 20 heavy (non-hydrogen) atoms. The summed E-state index contributed by atoms with van der Waals surface area (Å²) in [6, 6.07) is 3.82. The number of nitrogens with one attached hydrogen (secondary N) is 1. The van der Waals surface area contributed by atoms with Gasteiger partial charge in [-0.25, -0.2) is 13.6 Å². The van der Waals surface area contributed by atoms with E-state index in [0.717, 1.165) is 19.0 Å². The van der Waals surface area contributed by atoms with Gasteiger partial charge in [-0.1, -0.05) is 13.0 Å². The van der Waals surface area contributed by atoms with Crippen molar-refractivity contribution >= 4 is 15.7 Å². The first-order valence-electron chi connectivity index (χ1n) is 6.29. The van der Waals surface area contributed by atoms with Crippen molar-refractivity contribution in [1.82, 2.24) is 5.32 Å². The highest BCUT2D eigenvalue weighted by Gasteiger charge is 2.20.